The largest absolute Gasteiger partial charge is 0.459 e. The Kier molecular flexibility index (Phi) is 5.38. The number of carbonyl (C=O) groups excluding carboxylic acids is 1. The highest BCUT2D eigenvalue weighted by molar-refractivity contribution is 8.00. The zero-order valence-electron chi connectivity index (χ0n) is 11.6. The van der Waals surface area contributed by atoms with Gasteiger partial charge in [-0.1, -0.05) is 6.07 Å². The number of ether oxygens (including phenoxy) is 1. The van der Waals surface area contributed by atoms with Crippen molar-refractivity contribution < 1.29 is 19.0 Å². The Labute approximate surface area is 117 Å². The van der Waals surface area contributed by atoms with E-state index >= 15 is 0 Å². The molecule has 1 aromatic carbocycles. The molecule has 0 aliphatic rings. The summed E-state index contributed by atoms with van der Waals surface area (Å²) >= 11 is 1.16. The minimum absolute atomic E-state index is 0.0838. The monoisotopic (exact) mass is 286 g/mol. The van der Waals surface area contributed by atoms with Crippen LogP contribution in [-0.2, 0) is 9.53 Å². The third-order valence-electron chi connectivity index (χ3n) is 2.20. The lowest BCUT2D eigenvalue weighted by Crippen LogP contribution is -2.24. The van der Waals surface area contributed by atoms with Crippen LogP contribution in [0.1, 0.15) is 39.4 Å². The quantitative estimate of drug-likeness (QED) is 0.681. The van der Waals surface area contributed by atoms with Crippen molar-refractivity contribution in [2.45, 2.75) is 44.3 Å². The van der Waals surface area contributed by atoms with Crippen molar-refractivity contribution in [3.05, 3.63) is 29.6 Å². The molecule has 1 aromatic rings. The zero-order chi connectivity index (χ0) is 14.6. The average Bonchev–Trinajstić information content (AvgIpc) is 2.23. The predicted molar refractivity (Wildman–Crippen MR) is 73.6 cm³/mol. The predicted octanol–water partition coefficient (Wildman–Crippen LogP) is 3.31. The first-order valence-corrected chi connectivity index (χ1v) is 7.00. The van der Waals surface area contributed by atoms with Crippen molar-refractivity contribution in [3.8, 4) is 0 Å². The number of aliphatic hydroxyl groups excluding tert-OH is 1. The highest BCUT2D eigenvalue weighted by atomic mass is 32.2. The van der Waals surface area contributed by atoms with Gasteiger partial charge in [0.05, 0.1) is 11.9 Å². The summed E-state index contributed by atoms with van der Waals surface area (Å²) in [5, 5.41) is 9.57. The summed E-state index contributed by atoms with van der Waals surface area (Å²) in [5.74, 6) is -0.747. The number of aliphatic hydroxyl groups is 1. The van der Waals surface area contributed by atoms with Crippen molar-refractivity contribution in [1.29, 1.82) is 0 Å². The van der Waals surface area contributed by atoms with E-state index in [1.54, 1.807) is 32.9 Å². The maximum Gasteiger partial charge on any atom is 0.316 e. The van der Waals surface area contributed by atoms with Crippen molar-refractivity contribution in [2.75, 3.05) is 5.75 Å². The van der Waals surface area contributed by atoms with Crippen LogP contribution < -0.4 is 0 Å². The molecule has 106 valence electrons. The second-order valence-corrected chi connectivity index (χ2v) is 6.22. The Morgan fingerprint density at radius 2 is 2.11 bits per heavy atom. The standard InChI is InChI=1S/C14H19FO3S/c1-9(16)13-10(15)6-5-7-11(13)19-8-12(17)18-14(2,3)4/h5-7,9,16H,8H2,1-4H3/t9-/m0/s1. The van der Waals surface area contributed by atoms with Gasteiger partial charge in [0.25, 0.3) is 0 Å². The number of rotatable bonds is 4. The van der Waals surface area contributed by atoms with Gasteiger partial charge in [0, 0.05) is 10.5 Å². The van der Waals surface area contributed by atoms with E-state index in [9.17, 15) is 14.3 Å². The second kappa shape index (κ2) is 6.39. The van der Waals surface area contributed by atoms with Crippen molar-refractivity contribution in [1.82, 2.24) is 0 Å². The lowest BCUT2D eigenvalue weighted by molar-refractivity contribution is -0.151. The Morgan fingerprint density at radius 1 is 1.47 bits per heavy atom. The van der Waals surface area contributed by atoms with Gasteiger partial charge in [0.1, 0.15) is 11.4 Å². The first kappa shape index (κ1) is 16.0. The molecule has 0 heterocycles. The van der Waals surface area contributed by atoms with E-state index in [-0.39, 0.29) is 17.3 Å². The molecule has 0 aromatic heterocycles. The van der Waals surface area contributed by atoms with Gasteiger partial charge in [0.2, 0.25) is 0 Å². The van der Waals surface area contributed by atoms with Crippen LogP contribution in [0.25, 0.3) is 0 Å². The molecule has 0 spiro atoms. The smallest absolute Gasteiger partial charge is 0.316 e. The third-order valence-corrected chi connectivity index (χ3v) is 3.24. The molecule has 0 saturated carbocycles. The van der Waals surface area contributed by atoms with E-state index in [2.05, 4.69) is 0 Å². The zero-order valence-corrected chi connectivity index (χ0v) is 12.4. The minimum atomic E-state index is -0.915. The van der Waals surface area contributed by atoms with Gasteiger partial charge in [-0.25, -0.2) is 4.39 Å². The van der Waals surface area contributed by atoms with Crippen LogP contribution in [0.15, 0.2) is 23.1 Å². The molecular formula is C14H19FO3S. The van der Waals surface area contributed by atoms with Gasteiger partial charge in [-0.05, 0) is 39.8 Å². The fourth-order valence-corrected chi connectivity index (χ4v) is 2.49. The van der Waals surface area contributed by atoms with Crippen LogP contribution in [-0.4, -0.2) is 22.4 Å². The molecule has 0 bridgehead atoms. The number of halogens is 1. The molecular weight excluding hydrogens is 267 g/mol. The number of hydrogen-bond acceptors (Lipinski definition) is 4. The van der Waals surface area contributed by atoms with Crippen molar-refractivity contribution in [2.24, 2.45) is 0 Å². The molecule has 19 heavy (non-hydrogen) atoms. The number of carbonyl (C=O) groups is 1. The van der Waals surface area contributed by atoms with Crippen molar-refractivity contribution in [3.63, 3.8) is 0 Å². The SMILES string of the molecule is C[C@H](O)c1c(F)cccc1SCC(=O)OC(C)(C)C. The molecule has 1 N–H and O–H groups in total. The molecule has 0 aliphatic carbocycles. The fraction of sp³-hybridized carbons (Fsp3) is 0.500. The van der Waals surface area contributed by atoms with E-state index in [1.165, 1.54) is 13.0 Å². The molecule has 0 amide bonds. The number of thioether (sulfide) groups is 1. The summed E-state index contributed by atoms with van der Waals surface area (Å²) < 4.78 is 18.8. The highest BCUT2D eigenvalue weighted by Crippen LogP contribution is 2.30. The van der Waals surface area contributed by atoms with E-state index in [0.29, 0.717) is 4.90 Å². The first-order valence-electron chi connectivity index (χ1n) is 6.02. The summed E-state index contributed by atoms with van der Waals surface area (Å²) in [6.07, 6.45) is -0.915. The fourth-order valence-electron chi connectivity index (χ4n) is 1.56. The molecule has 1 rings (SSSR count). The van der Waals surface area contributed by atoms with Crippen LogP contribution in [0.5, 0.6) is 0 Å². The average molecular weight is 286 g/mol. The van der Waals surface area contributed by atoms with Gasteiger partial charge in [-0.3, -0.25) is 4.79 Å². The van der Waals surface area contributed by atoms with E-state index in [1.807, 2.05) is 0 Å². The molecule has 0 radical (unpaired) electrons. The molecule has 3 nitrogen and oxygen atoms in total. The first-order chi connectivity index (χ1) is 8.70. The van der Waals surface area contributed by atoms with Gasteiger partial charge >= 0.3 is 5.97 Å². The topological polar surface area (TPSA) is 46.5 Å². The summed E-state index contributed by atoms with van der Waals surface area (Å²) in [7, 11) is 0. The normalized spacial score (nSPS) is 13.2. The summed E-state index contributed by atoms with van der Waals surface area (Å²) in [6.45, 7) is 6.87. The van der Waals surface area contributed by atoms with Crippen LogP contribution in [0, 0.1) is 5.82 Å². The third kappa shape index (κ3) is 5.20. The van der Waals surface area contributed by atoms with Crippen LogP contribution in [0.3, 0.4) is 0 Å². The van der Waals surface area contributed by atoms with E-state index in [4.69, 9.17) is 4.74 Å². The molecule has 0 aliphatic heterocycles. The summed E-state index contributed by atoms with van der Waals surface area (Å²) in [4.78, 5) is 12.2. The maximum absolute atomic E-state index is 13.6. The molecule has 5 heteroatoms. The molecule has 0 unspecified atom stereocenters. The summed E-state index contributed by atoms with van der Waals surface area (Å²) in [5.41, 5.74) is -0.316. The molecule has 1 atom stereocenters. The lowest BCUT2D eigenvalue weighted by atomic mass is 10.1. The van der Waals surface area contributed by atoms with Gasteiger partial charge in [0.15, 0.2) is 0 Å². The van der Waals surface area contributed by atoms with E-state index < -0.39 is 17.5 Å². The maximum atomic E-state index is 13.6. The minimum Gasteiger partial charge on any atom is -0.459 e. The van der Waals surface area contributed by atoms with Crippen molar-refractivity contribution >= 4 is 17.7 Å². The Morgan fingerprint density at radius 3 is 2.63 bits per heavy atom. The van der Waals surface area contributed by atoms with Gasteiger partial charge in [-0.15, -0.1) is 11.8 Å². The number of benzene rings is 1. The molecule has 0 saturated heterocycles. The Balaban J connectivity index is 2.73. The Hall–Kier alpha value is -1.07. The number of hydrogen-bond donors (Lipinski definition) is 1. The van der Waals surface area contributed by atoms with E-state index in [0.717, 1.165) is 11.8 Å². The highest BCUT2D eigenvalue weighted by Gasteiger charge is 2.18. The number of esters is 1. The van der Waals surface area contributed by atoms with Crippen LogP contribution in [0.4, 0.5) is 4.39 Å². The summed E-state index contributed by atoms with van der Waals surface area (Å²) in [6, 6.07) is 4.53. The van der Waals surface area contributed by atoms with Crippen LogP contribution in [0.2, 0.25) is 0 Å². The van der Waals surface area contributed by atoms with Gasteiger partial charge < -0.3 is 9.84 Å². The molecule has 0 fully saturated rings. The van der Waals surface area contributed by atoms with Crippen LogP contribution >= 0.6 is 11.8 Å². The lowest BCUT2D eigenvalue weighted by Gasteiger charge is -2.19. The Bertz CT molecular complexity index is 452. The van der Waals surface area contributed by atoms with Gasteiger partial charge in [-0.2, -0.15) is 0 Å². The second-order valence-electron chi connectivity index (χ2n) is 5.20.